The van der Waals surface area contributed by atoms with Gasteiger partial charge in [-0.25, -0.2) is 0 Å². The van der Waals surface area contributed by atoms with Crippen LogP contribution in [0.25, 0.3) is 66.4 Å². The van der Waals surface area contributed by atoms with Crippen LogP contribution in [0.1, 0.15) is 23.6 Å². The molecule has 62 heavy (non-hydrogen) atoms. The first kappa shape index (κ1) is 36.0. The summed E-state index contributed by atoms with van der Waals surface area (Å²) in [5, 5.41) is 2.34. The molecule has 0 saturated heterocycles. The van der Waals surface area contributed by atoms with Gasteiger partial charge in [-0.05, 0) is 122 Å². The average Bonchev–Trinajstić information content (AvgIpc) is 3.61. The summed E-state index contributed by atoms with van der Waals surface area (Å²) in [5.74, 6) is 1.78. The molecule has 0 atom stereocenters. The van der Waals surface area contributed by atoms with Crippen molar-refractivity contribution in [3.8, 4) is 67.1 Å². The average molecular weight is 792 g/mol. The molecule has 0 unspecified atom stereocenters. The monoisotopic (exact) mass is 791 g/mol. The number of hydrogen-bond donors (Lipinski definition) is 0. The van der Waals surface area contributed by atoms with Gasteiger partial charge in [0.05, 0.1) is 5.69 Å². The Bertz CT molecular complexity index is 3280. The minimum atomic E-state index is -0.333. The molecule has 0 fully saturated rings. The summed E-state index contributed by atoms with van der Waals surface area (Å²) in [6, 6.07) is 83.8. The molecule has 2 heteroatoms. The predicted molar refractivity (Wildman–Crippen MR) is 258 cm³/mol. The number of para-hydroxylation sites is 1. The highest BCUT2D eigenvalue weighted by molar-refractivity contribution is 6.05. The van der Waals surface area contributed by atoms with Crippen LogP contribution in [0, 0.1) is 0 Å². The van der Waals surface area contributed by atoms with Crippen LogP contribution in [0.5, 0.6) is 11.5 Å². The molecule has 0 aromatic heterocycles. The van der Waals surface area contributed by atoms with E-state index in [1.807, 2.05) is 0 Å². The van der Waals surface area contributed by atoms with Crippen LogP contribution in [-0.4, -0.2) is 0 Å². The van der Waals surface area contributed by atoms with E-state index in [0.717, 1.165) is 50.6 Å². The fourth-order valence-corrected chi connectivity index (χ4v) is 10.1. The Balaban J connectivity index is 1.00. The van der Waals surface area contributed by atoms with Crippen molar-refractivity contribution in [2.75, 3.05) is 4.90 Å². The van der Waals surface area contributed by atoms with E-state index in [9.17, 15) is 0 Å². The fourth-order valence-electron chi connectivity index (χ4n) is 10.1. The lowest BCUT2D eigenvalue weighted by molar-refractivity contribution is 0.487. The van der Waals surface area contributed by atoms with Gasteiger partial charge >= 0.3 is 0 Å². The van der Waals surface area contributed by atoms with Crippen LogP contribution in [0.15, 0.2) is 231 Å². The van der Waals surface area contributed by atoms with Gasteiger partial charge in [-0.15, -0.1) is 0 Å². The van der Waals surface area contributed by atoms with Crippen molar-refractivity contribution < 1.29 is 4.74 Å². The number of ether oxygens (including phenoxy) is 1. The lowest BCUT2D eigenvalue weighted by Gasteiger charge is -2.32. The minimum Gasteiger partial charge on any atom is -0.456 e. The number of rotatable bonds is 7. The summed E-state index contributed by atoms with van der Waals surface area (Å²) in [6.07, 6.45) is 0. The van der Waals surface area contributed by atoms with Crippen molar-refractivity contribution in [1.82, 2.24) is 0 Å². The maximum atomic E-state index is 6.54. The van der Waals surface area contributed by atoms with Gasteiger partial charge in [0, 0.05) is 33.3 Å². The Morgan fingerprint density at radius 3 is 1.61 bits per heavy atom. The zero-order valence-corrected chi connectivity index (χ0v) is 34.3. The largest absolute Gasteiger partial charge is 0.456 e. The third-order valence-electron chi connectivity index (χ3n) is 13.2. The summed E-state index contributed by atoms with van der Waals surface area (Å²) in [6.45, 7) is 2.39. The lowest BCUT2D eigenvalue weighted by Crippen LogP contribution is -2.23. The molecule has 0 N–H and O–H groups in total. The van der Waals surface area contributed by atoms with Crippen LogP contribution in [0.2, 0.25) is 0 Å². The van der Waals surface area contributed by atoms with E-state index < -0.39 is 0 Å². The summed E-state index contributed by atoms with van der Waals surface area (Å²) in [5.41, 5.74) is 18.8. The first-order valence-electron chi connectivity index (χ1n) is 21.4. The van der Waals surface area contributed by atoms with Gasteiger partial charge in [-0.3, -0.25) is 0 Å². The molecular formula is C60H41NO. The Morgan fingerprint density at radius 1 is 0.355 bits per heavy atom. The molecule has 2 nitrogen and oxygen atoms in total. The second-order valence-corrected chi connectivity index (χ2v) is 16.6. The Morgan fingerprint density at radius 2 is 0.903 bits per heavy atom. The Kier molecular flexibility index (Phi) is 8.33. The number of hydrogen-bond acceptors (Lipinski definition) is 2. The molecule has 1 aliphatic heterocycles. The topological polar surface area (TPSA) is 12.5 Å². The standard InChI is InChI=1S/C60H41NO/c1-60(54-24-8-5-21-50(54)51-22-6-9-25-55(51)60)46-18-13-19-48(39-46)61(47-35-32-43(33-36-47)42-30-28-41(29-31-42)40-14-3-2-4-15-40)56-26-10-7-20-49(56)45-34-37-57-53(38-45)52-23-11-16-44-17-12-27-58(62-57)59(44)52/h2-39H,1H3. The number of benzene rings is 10. The van der Waals surface area contributed by atoms with Gasteiger partial charge < -0.3 is 9.64 Å². The number of fused-ring (bicyclic) bond motifs is 5. The second-order valence-electron chi connectivity index (χ2n) is 16.6. The first-order valence-corrected chi connectivity index (χ1v) is 21.4. The minimum absolute atomic E-state index is 0.333. The fraction of sp³-hybridized carbons (Fsp3) is 0.0333. The van der Waals surface area contributed by atoms with E-state index in [1.165, 1.54) is 61.0 Å². The molecule has 10 aromatic rings. The Hall–Kier alpha value is -7.94. The maximum Gasteiger partial charge on any atom is 0.135 e. The number of anilines is 3. The normalized spacial score (nSPS) is 12.9. The van der Waals surface area contributed by atoms with Crippen molar-refractivity contribution in [3.63, 3.8) is 0 Å². The quantitative estimate of drug-likeness (QED) is 0.159. The van der Waals surface area contributed by atoms with E-state index in [2.05, 4.69) is 242 Å². The van der Waals surface area contributed by atoms with E-state index in [4.69, 9.17) is 4.74 Å². The molecule has 12 rings (SSSR count). The lowest BCUT2D eigenvalue weighted by atomic mass is 9.74. The number of nitrogens with zero attached hydrogens (tertiary/aromatic N) is 1. The van der Waals surface area contributed by atoms with Gasteiger partial charge in [0.1, 0.15) is 11.5 Å². The van der Waals surface area contributed by atoms with Crippen LogP contribution in [0.3, 0.4) is 0 Å². The molecule has 10 aromatic carbocycles. The maximum absolute atomic E-state index is 6.54. The van der Waals surface area contributed by atoms with Crippen molar-refractivity contribution in [3.05, 3.63) is 247 Å². The van der Waals surface area contributed by atoms with Gasteiger partial charge in [0.15, 0.2) is 0 Å². The summed E-state index contributed by atoms with van der Waals surface area (Å²) in [4.78, 5) is 2.43. The van der Waals surface area contributed by atoms with E-state index in [-0.39, 0.29) is 5.41 Å². The van der Waals surface area contributed by atoms with E-state index in [1.54, 1.807) is 0 Å². The summed E-state index contributed by atoms with van der Waals surface area (Å²) in [7, 11) is 0. The molecule has 0 spiro atoms. The highest BCUT2D eigenvalue weighted by Gasteiger charge is 2.40. The predicted octanol–water partition coefficient (Wildman–Crippen LogP) is 16.4. The molecular weight excluding hydrogens is 751 g/mol. The van der Waals surface area contributed by atoms with Gasteiger partial charge in [-0.1, -0.05) is 182 Å². The third-order valence-corrected chi connectivity index (χ3v) is 13.2. The van der Waals surface area contributed by atoms with Crippen LogP contribution in [-0.2, 0) is 5.41 Å². The van der Waals surface area contributed by atoms with E-state index >= 15 is 0 Å². The molecule has 0 bridgehead atoms. The summed E-state index contributed by atoms with van der Waals surface area (Å²) >= 11 is 0. The van der Waals surface area contributed by atoms with Gasteiger partial charge in [-0.2, -0.15) is 0 Å². The van der Waals surface area contributed by atoms with Crippen LogP contribution < -0.4 is 9.64 Å². The van der Waals surface area contributed by atoms with Crippen molar-refractivity contribution in [2.24, 2.45) is 0 Å². The van der Waals surface area contributed by atoms with Gasteiger partial charge in [0.25, 0.3) is 0 Å². The molecule has 0 amide bonds. The highest BCUT2D eigenvalue weighted by atomic mass is 16.5. The summed E-state index contributed by atoms with van der Waals surface area (Å²) < 4.78 is 6.54. The van der Waals surface area contributed by atoms with Crippen LogP contribution in [0.4, 0.5) is 17.1 Å². The SMILES string of the molecule is CC1(c2cccc(N(c3ccc(-c4ccc(-c5ccccc5)cc4)cc3)c3ccccc3-c3ccc4c(c3)-c3cccc5cccc(c35)O4)c2)c2ccccc2-c2ccccc21. The molecule has 0 radical (unpaired) electrons. The molecule has 0 saturated carbocycles. The van der Waals surface area contributed by atoms with E-state index in [0.29, 0.717) is 0 Å². The van der Waals surface area contributed by atoms with Crippen molar-refractivity contribution in [1.29, 1.82) is 0 Å². The second kappa shape index (κ2) is 14.4. The van der Waals surface area contributed by atoms with Crippen molar-refractivity contribution in [2.45, 2.75) is 12.3 Å². The molecule has 1 heterocycles. The Labute approximate surface area is 362 Å². The smallest absolute Gasteiger partial charge is 0.135 e. The highest BCUT2D eigenvalue weighted by Crippen LogP contribution is 2.54. The molecule has 2 aliphatic rings. The van der Waals surface area contributed by atoms with Gasteiger partial charge in [0.2, 0.25) is 0 Å². The first-order chi connectivity index (χ1) is 30.6. The van der Waals surface area contributed by atoms with Crippen molar-refractivity contribution >= 4 is 27.8 Å². The molecule has 292 valence electrons. The molecule has 1 aliphatic carbocycles. The zero-order chi connectivity index (χ0) is 41.2. The zero-order valence-electron chi connectivity index (χ0n) is 34.3. The van der Waals surface area contributed by atoms with Crippen LogP contribution >= 0.6 is 0 Å². The third kappa shape index (κ3) is 5.72.